The number of ether oxygens (including phenoxy) is 7. The third-order valence-corrected chi connectivity index (χ3v) is 6.11. The molecule has 0 aliphatic carbocycles. The van der Waals surface area contributed by atoms with Crippen LogP contribution in [-0.4, -0.2) is 85.3 Å². The molecule has 0 spiro atoms. The summed E-state index contributed by atoms with van der Waals surface area (Å²) in [6, 6.07) is 3.49. The van der Waals surface area contributed by atoms with Crippen molar-refractivity contribution in [3.05, 3.63) is 34.4 Å². The van der Waals surface area contributed by atoms with Gasteiger partial charge in [-0.05, 0) is 32.9 Å². The fourth-order valence-corrected chi connectivity index (χ4v) is 4.48. The van der Waals surface area contributed by atoms with Gasteiger partial charge < -0.3 is 33.2 Å². The standard InChI is InChI=1S/C22H26F2N2O11/c1-10-25-14-16(37-22(24,19(27)31-4)18(23)17(14)33-10)15(13-9-32-21(2,3)36-13)35-20(28)34-12-7-5-11(6-8-12)26(29)30/h5-8,10,13-18,25H,9H2,1-4H3/t10?,13-,14?,15-,16?,17?,18?,22?/m1/s1. The van der Waals surface area contributed by atoms with Crippen LogP contribution in [0, 0.1) is 10.1 Å². The lowest BCUT2D eigenvalue weighted by atomic mass is 9.88. The van der Waals surface area contributed by atoms with Crippen molar-refractivity contribution >= 4 is 17.8 Å². The van der Waals surface area contributed by atoms with Crippen molar-refractivity contribution in [1.82, 2.24) is 5.32 Å². The average molecular weight is 532 g/mol. The minimum Gasteiger partial charge on any atom is -0.465 e. The van der Waals surface area contributed by atoms with Crippen LogP contribution in [0.2, 0.25) is 0 Å². The van der Waals surface area contributed by atoms with Crippen LogP contribution in [-0.2, 0) is 33.2 Å². The van der Waals surface area contributed by atoms with Crippen molar-refractivity contribution in [3.8, 4) is 5.75 Å². The minimum atomic E-state index is -3.58. The highest BCUT2D eigenvalue weighted by atomic mass is 19.2. The van der Waals surface area contributed by atoms with E-state index in [1.165, 1.54) is 19.1 Å². The fraction of sp³-hybridized carbons (Fsp3) is 0.636. The number of carbonyl (C=O) groups excluding carboxylic acids is 2. The monoisotopic (exact) mass is 532 g/mol. The summed E-state index contributed by atoms with van der Waals surface area (Å²) in [6.07, 6.45) is -10.2. The molecule has 1 N–H and O–H groups in total. The van der Waals surface area contributed by atoms with Crippen LogP contribution < -0.4 is 10.1 Å². The van der Waals surface area contributed by atoms with E-state index in [0.29, 0.717) is 0 Å². The molecule has 8 atom stereocenters. The molecule has 3 heterocycles. The summed E-state index contributed by atoms with van der Waals surface area (Å²) in [7, 11) is 0.864. The molecular weight excluding hydrogens is 506 g/mol. The fourth-order valence-electron chi connectivity index (χ4n) is 4.48. The predicted octanol–water partition coefficient (Wildman–Crippen LogP) is 1.91. The molecular formula is C22H26F2N2O11. The van der Waals surface area contributed by atoms with Crippen LogP contribution in [0.4, 0.5) is 19.3 Å². The van der Waals surface area contributed by atoms with E-state index in [-0.39, 0.29) is 18.0 Å². The van der Waals surface area contributed by atoms with E-state index in [4.69, 9.17) is 28.4 Å². The second-order valence-corrected chi connectivity index (χ2v) is 9.11. The van der Waals surface area contributed by atoms with E-state index in [9.17, 15) is 19.7 Å². The number of halogens is 2. The largest absolute Gasteiger partial charge is 0.514 e. The summed E-state index contributed by atoms with van der Waals surface area (Å²) in [5.41, 5.74) is -0.233. The molecule has 1 aromatic rings. The van der Waals surface area contributed by atoms with E-state index >= 15 is 8.78 Å². The Hall–Kier alpha value is -2.98. The predicted molar refractivity (Wildman–Crippen MR) is 116 cm³/mol. The van der Waals surface area contributed by atoms with Crippen molar-refractivity contribution in [1.29, 1.82) is 0 Å². The summed E-state index contributed by atoms with van der Waals surface area (Å²) in [6.45, 7) is 4.59. The zero-order valence-corrected chi connectivity index (χ0v) is 20.3. The number of methoxy groups -OCH3 is 1. The maximum absolute atomic E-state index is 15.7. The SMILES string of the molecule is COC(=O)C1(F)OC([C@H](OC(=O)Oc2ccc([N+](=O)[O-])cc2)[C@H]2COC(C)(C)O2)C2NC(C)OC2C1F. The maximum Gasteiger partial charge on any atom is 0.514 e. The lowest BCUT2D eigenvalue weighted by Crippen LogP contribution is -2.69. The van der Waals surface area contributed by atoms with Gasteiger partial charge in [-0.25, -0.2) is 14.0 Å². The first-order valence-corrected chi connectivity index (χ1v) is 11.3. The summed E-state index contributed by atoms with van der Waals surface area (Å²) < 4.78 is 68.0. The van der Waals surface area contributed by atoms with E-state index in [1.807, 2.05) is 0 Å². The summed E-state index contributed by atoms with van der Waals surface area (Å²) in [5.74, 6) is -6.42. The number of nitrogens with one attached hydrogen (secondary N) is 1. The Morgan fingerprint density at radius 1 is 1.24 bits per heavy atom. The smallest absolute Gasteiger partial charge is 0.465 e. The Kier molecular flexibility index (Phi) is 7.36. The van der Waals surface area contributed by atoms with Gasteiger partial charge in [-0.1, -0.05) is 0 Å². The Morgan fingerprint density at radius 3 is 2.49 bits per heavy atom. The van der Waals surface area contributed by atoms with E-state index < -0.39 is 71.5 Å². The lowest BCUT2D eigenvalue weighted by molar-refractivity contribution is -0.384. The normalized spacial score (nSPS) is 35.3. The topological polar surface area (TPSA) is 154 Å². The van der Waals surface area contributed by atoms with Gasteiger partial charge in [-0.2, -0.15) is 4.39 Å². The molecule has 204 valence electrons. The molecule has 6 unspecified atom stereocenters. The number of carbonyl (C=O) groups is 2. The second kappa shape index (κ2) is 10.1. The van der Waals surface area contributed by atoms with Crippen molar-refractivity contribution < 1.29 is 56.5 Å². The van der Waals surface area contributed by atoms with Gasteiger partial charge in [0.2, 0.25) is 0 Å². The average Bonchev–Trinajstić information content (AvgIpc) is 3.41. The number of benzene rings is 1. The Morgan fingerprint density at radius 2 is 1.92 bits per heavy atom. The third kappa shape index (κ3) is 5.36. The number of nitrogens with zero attached hydrogens (tertiary/aromatic N) is 1. The quantitative estimate of drug-likeness (QED) is 0.246. The zero-order valence-electron chi connectivity index (χ0n) is 20.3. The summed E-state index contributed by atoms with van der Waals surface area (Å²) in [5, 5.41) is 13.7. The number of hydrogen-bond donors (Lipinski definition) is 1. The van der Waals surface area contributed by atoms with Gasteiger partial charge >= 0.3 is 18.0 Å². The van der Waals surface area contributed by atoms with E-state index in [0.717, 1.165) is 19.2 Å². The summed E-state index contributed by atoms with van der Waals surface area (Å²) in [4.78, 5) is 35.2. The van der Waals surface area contributed by atoms with Gasteiger partial charge in [-0.3, -0.25) is 15.4 Å². The molecule has 0 aromatic heterocycles. The highest BCUT2D eigenvalue weighted by molar-refractivity contribution is 5.79. The molecule has 3 fully saturated rings. The van der Waals surface area contributed by atoms with Gasteiger partial charge in [0.25, 0.3) is 5.69 Å². The number of nitro benzene ring substituents is 1. The number of rotatable bonds is 6. The molecule has 37 heavy (non-hydrogen) atoms. The van der Waals surface area contributed by atoms with Crippen LogP contribution >= 0.6 is 0 Å². The Labute approximate surface area is 209 Å². The van der Waals surface area contributed by atoms with Crippen LogP contribution in [0.3, 0.4) is 0 Å². The number of hydrogen-bond acceptors (Lipinski definition) is 12. The first kappa shape index (κ1) is 27.1. The first-order valence-electron chi connectivity index (χ1n) is 11.3. The third-order valence-electron chi connectivity index (χ3n) is 6.11. The number of esters is 1. The van der Waals surface area contributed by atoms with Gasteiger partial charge in [0, 0.05) is 12.1 Å². The first-order chi connectivity index (χ1) is 17.3. The van der Waals surface area contributed by atoms with Crippen LogP contribution in [0.1, 0.15) is 20.8 Å². The molecule has 1 aromatic carbocycles. The van der Waals surface area contributed by atoms with Gasteiger partial charge in [0.15, 0.2) is 18.1 Å². The number of non-ortho nitro benzene ring substituents is 1. The number of alkyl halides is 2. The van der Waals surface area contributed by atoms with Crippen LogP contribution in [0.25, 0.3) is 0 Å². The Balaban J connectivity index is 1.62. The van der Waals surface area contributed by atoms with Crippen LogP contribution in [0.5, 0.6) is 5.75 Å². The van der Waals surface area contributed by atoms with Gasteiger partial charge in [-0.15, -0.1) is 0 Å². The molecule has 4 rings (SSSR count). The molecule has 3 aliphatic rings. The van der Waals surface area contributed by atoms with Crippen molar-refractivity contribution in [2.24, 2.45) is 0 Å². The van der Waals surface area contributed by atoms with E-state index in [1.54, 1.807) is 13.8 Å². The van der Waals surface area contributed by atoms with Crippen molar-refractivity contribution in [2.45, 2.75) is 75.3 Å². The zero-order chi connectivity index (χ0) is 27.1. The number of fused-ring (bicyclic) bond motifs is 1. The molecule has 15 heteroatoms. The van der Waals surface area contributed by atoms with Crippen molar-refractivity contribution in [2.75, 3.05) is 13.7 Å². The maximum atomic E-state index is 15.7. The van der Waals surface area contributed by atoms with Crippen LogP contribution in [0.15, 0.2) is 24.3 Å². The van der Waals surface area contributed by atoms with Gasteiger partial charge in [0.1, 0.15) is 30.3 Å². The lowest BCUT2D eigenvalue weighted by Gasteiger charge is -2.44. The van der Waals surface area contributed by atoms with Gasteiger partial charge in [0.05, 0.1) is 24.7 Å². The molecule has 3 saturated heterocycles. The highest BCUT2D eigenvalue weighted by Crippen LogP contribution is 2.42. The Bertz CT molecular complexity index is 1040. The second-order valence-electron chi connectivity index (χ2n) is 9.11. The highest BCUT2D eigenvalue weighted by Gasteiger charge is 2.66. The molecule has 0 saturated carbocycles. The van der Waals surface area contributed by atoms with Crippen molar-refractivity contribution in [3.63, 3.8) is 0 Å². The van der Waals surface area contributed by atoms with E-state index in [2.05, 4.69) is 10.1 Å². The molecule has 3 aliphatic heterocycles. The molecule has 0 bridgehead atoms. The molecule has 0 amide bonds. The summed E-state index contributed by atoms with van der Waals surface area (Å²) >= 11 is 0. The minimum absolute atomic E-state index is 0.0881. The molecule has 0 radical (unpaired) electrons. The number of nitro groups is 1. The molecule has 13 nitrogen and oxygen atoms in total.